The minimum Gasteiger partial charge on any atom is -0.497 e. The van der Waals surface area contributed by atoms with Gasteiger partial charge >= 0.3 is 0 Å². The van der Waals surface area contributed by atoms with E-state index in [0.717, 1.165) is 11.1 Å². The zero-order valence-corrected chi connectivity index (χ0v) is 15.7. The molecule has 0 aromatic heterocycles. The summed E-state index contributed by atoms with van der Waals surface area (Å²) in [7, 11) is 1.59. The van der Waals surface area contributed by atoms with E-state index in [4.69, 9.17) is 9.47 Å². The number of carbonyl (C=O) groups excluding carboxylic acids is 2. The van der Waals surface area contributed by atoms with Gasteiger partial charge in [0.15, 0.2) is 5.78 Å². The Balaban J connectivity index is 1.91. The minimum atomic E-state index is -0.849. The average molecular weight is 372 g/mol. The molecular formula is C24H20O4. The van der Waals surface area contributed by atoms with Crippen LogP contribution in [0.3, 0.4) is 0 Å². The summed E-state index contributed by atoms with van der Waals surface area (Å²) in [6.07, 6.45) is 0. The second-order valence-corrected chi connectivity index (χ2v) is 6.84. The van der Waals surface area contributed by atoms with Crippen LogP contribution >= 0.6 is 0 Å². The number of methoxy groups -OCH3 is 1. The van der Waals surface area contributed by atoms with Crippen LogP contribution in [0.25, 0.3) is 0 Å². The lowest BCUT2D eigenvalue weighted by atomic mass is 9.74. The van der Waals surface area contributed by atoms with Crippen LogP contribution in [0.1, 0.15) is 34.3 Å². The molecule has 3 aromatic rings. The highest BCUT2D eigenvalue weighted by Gasteiger charge is 2.40. The number of fused-ring (bicyclic) bond motifs is 2. The van der Waals surface area contributed by atoms with Crippen molar-refractivity contribution in [3.63, 3.8) is 0 Å². The van der Waals surface area contributed by atoms with Crippen LogP contribution in [0.2, 0.25) is 0 Å². The van der Waals surface area contributed by atoms with Gasteiger partial charge in [-0.1, -0.05) is 48.5 Å². The van der Waals surface area contributed by atoms with Crippen LogP contribution in [0, 0.1) is 5.92 Å². The maximum absolute atomic E-state index is 13.4. The summed E-state index contributed by atoms with van der Waals surface area (Å²) in [6, 6.07) is 22.0. The molecule has 0 bridgehead atoms. The van der Waals surface area contributed by atoms with Crippen molar-refractivity contribution in [2.24, 2.45) is 5.92 Å². The summed E-state index contributed by atoms with van der Waals surface area (Å²) in [6.45, 7) is 1.48. The number of carbonyl (C=O) groups is 2. The lowest BCUT2D eigenvalue weighted by molar-refractivity contribution is -0.119. The lowest BCUT2D eigenvalue weighted by Crippen LogP contribution is -2.31. The molecular weight excluding hydrogens is 352 g/mol. The van der Waals surface area contributed by atoms with E-state index in [0.29, 0.717) is 22.8 Å². The topological polar surface area (TPSA) is 52.6 Å². The Morgan fingerprint density at radius 3 is 2.29 bits per heavy atom. The Morgan fingerprint density at radius 1 is 0.893 bits per heavy atom. The maximum Gasteiger partial charge on any atom is 0.174 e. The Morgan fingerprint density at radius 2 is 1.57 bits per heavy atom. The molecule has 0 unspecified atom stereocenters. The molecule has 140 valence electrons. The second kappa shape index (κ2) is 7.31. The van der Waals surface area contributed by atoms with Gasteiger partial charge < -0.3 is 9.47 Å². The van der Waals surface area contributed by atoms with E-state index in [9.17, 15) is 9.59 Å². The summed E-state index contributed by atoms with van der Waals surface area (Å²) in [5.74, 6) is 0.293. The third-order valence-corrected chi connectivity index (χ3v) is 5.14. The fourth-order valence-electron chi connectivity index (χ4n) is 3.82. The molecule has 4 nitrogen and oxygen atoms in total. The molecule has 4 rings (SSSR count). The smallest absolute Gasteiger partial charge is 0.174 e. The van der Waals surface area contributed by atoms with Crippen LogP contribution in [0.4, 0.5) is 0 Å². The van der Waals surface area contributed by atoms with Crippen molar-refractivity contribution in [2.75, 3.05) is 7.11 Å². The van der Waals surface area contributed by atoms with E-state index in [1.54, 1.807) is 31.4 Å². The summed E-state index contributed by atoms with van der Waals surface area (Å²) < 4.78 is 11.4. The van der Waals surface area contributed by atoms with Crippen molar-refractivity contribution in [2.45, 2.75) is 12.8 Å². The maximum atomic E-state index is 13.4. The molecule has 0 saturated heterocycles. The van der Waals surface area contributed by atoms with Crippen molar-refractivity contribution in [1.82, 2.24) is 0 Å². The standard InChI is InChI=1S/C24H20O4/c1-15(25)22(24(26)16-8-4-3-5-9-16)23-18-10-6-7-11-20(18)28-21-13-12-17(27-2)14-19(21)23/h3-14,22-23H,1-2H3/t22-,23+/m1/s1. The number of ketones is 2. The molecule has 0 fully saturated rings. The number of hydrogen-bond acceptors (Lipinski definition) is 4. The van der Waals surface area contributed by atoms with E-state index >= 15 is 0 Å². The van der Waals surface area contributed by atoms with Crippen molar-refractivity contribution < 1.29 is 19.1 Å². The first-order valence-corrected chi connectivity index (χ1v) is 9.14. The zero-order valence-electron chi connectivity index (χ0n) is 15.7. The van der Waals surface area contributed by atoms with Gasteiger partial charge in [-0.25, -0.2) is 0 Å². The fraction of sp³-hybridized carbons (Fsp3) is 0.167. The predicted octanol–water partition coefficient (Wildman–Crippen LogP) is 5.02. The van der Waals surface area contributed by atoms with E-state index in [1.807, 2.05) is 48.5 Å². The zero-order chi connectivity index (χ0) is 19.7. The first-order valence-electron chi connectivity index (χ1n) is 9.14. The predicted molar refractivity (Wildman–Crippen MR) is 106 cm³/mol. The second-order valence-electron chi connectivity index (χ2n) is 6.84. The lowest BCUT2D eigenvalue weighted by Gasteiger charge is -2.32. The summed E-state index contributed by atoms with van der Waals surface area (Å²) >= 11 is 0. The van der Waals surface area contributed by atoms with Gasteiger partial charge in [-0.15, -0.1) is 0 Å². The molecule has 28 heavy (non-hydrogen) atoms. The van der Waals surface area contributed by atoms with Gasteiger partial charge in [0.2, 0.25) is 0 Å². The molecule has 0 N–H and O–H groups in total. The summed E-state index contributed by atoms with van der Waals surface area (Å²) in [5, 5.41) is 0. The molecule has 0 radical (unpaired) electrons. The van der Waals surface area contributed by atoms with Crippen molar-refractivity contribution in [3.05, 3.63) is 89.5 Å². The van der Waals surface area contributed by atoms with Crippen molar-refractivity contribution >= 4 is 11.6 Å². The van der Waals surface area contributed by atoms with Gasteiger partial charge in [-0.3, -0.25) is 9.59 Å². The van der Waals surface area contributed by atoms with Gasteiger partial charge in [0, 0.05) is 22.6 Å². The van der Waals surface area contributed by atoms with Crippen molar-refractivity contribution in [1.29, 1.82) is 0 Å². The first-order chi connectivity index (χ1) is 13.6. The van der Waals surface area contributed by atoms with Crippen LogP contribution in [0.15, 0.2) is 72.8 Å². The Labute approximate surface area is 163 Å². The third-order valence-electron chi connectivity index (χ3n) is 5.14. The van der Waals surface area contributed by atoms with E-state index in [2.05, 4.69) is 0 Å². The molecule has 2 atom stereocenters. The van der Waals surface area contributed by atoms with E-state index in [1.165, 1.54) is 6.92 Å². The largest absolute Gasteiger partial charge is 0.497 e. The number of ether oxygens (including phenoxy) is 2. The highest BCUT2D eigenvalue weighted by Crippen LogP contribution is 2.49. The van der Waals surface area contributed by atoms with Gasteiger partial charge in [-0.2, -0.15) is 0 Å². The molecule has 0 spiro atoms. The van der Waals surface area contributed by atoms with Crippen LogP contribution in [0.5, 0.6) is 17.2 Å². The van der Waals surface area contributed by atoms with E-state index < -0.39 is 11.8 Å². The Kier molecular flexibility index (Phi) is 4.70. The highest BCUT2D eigenvalue weighted by atomic mass is 16.5. The third kappa shape index (κ3) is 3.07. The average Bonchev–Trinajstić information content (AvgIpc) is 2.73. The van der Waals surface area contributed by atoms with Crippen molar-refractivity contribution in [3.8, 4) is 17.2 Å². The number of benzene rings is 3. The number of para-hydroxylation sites is 1. The fourth-order valence-corrected chi connectivity index (χ4v) is 3.82. The number of Topliss-reactive ketones (excluding diaryl/α,β-unsaturated/α-hetero) is 2. The number of hydrogen-bond donors (Lipinski definition) is 0. The van der Waals surface area contributed by atoms with Crippen LogP contribution in [-0.2, 0) is 4.79 Å². The van der Waals surface area contributed by atoms with Gasteiger partial charge in [0.05, 0.1) is 13.0 Å². The monoisotopic (exact) mass is 372 g/mol. The quantitative estimate of drug-likeness (QED) is 0.466. The molecule has 4 heteroatoms. The molecule has 1 heterocycles. The van der Waals surface area contributed by atoms with Crippen LogP contribution in [-0.4, -0.2) is 18.7 Å². The summed E-state index contributed by atoms with van der Waals surface area (Å²) in [5.41, 5.74) is 2.13. The molecule has 0 saturated carbocycles. The first kappa shape index (κ1) is 18.0. The Bertz CT molecular complexity index is 1040. The molecule has 1 aliphatic rings. The molecule has 0 aliphatic carbocycles. The normalized spacial score (nSPS) is 15.6. The van der Waals surface area contributed by atoms with Crippen LogP contribution < -0.4 is 9.47 Å². The van der Waals surface area contributed by atoms with Gasteiger partial charge in [0.25, 0.3) is 0 Å². The molecule has 0 amide bonds. The SMILES string of the molecule is COc1ccc2c(c1)[C@@H]([C@@H](C(C)=O)C(=O)c1ccccc1)c1ccccc1O2. The van der Waals surface area contributed by atoms with E-state index in [-0.39, 0.29) is 11.6 Å². The minimum absolute atomic E-state index is 0.177. The highest BCUT2D eigenvalue weighted by molar-refractivity contribution is 6.11. The summed E-state index contributed by atoms with van der Waals surface area (Å²) in [4.78, 5) is 26.1. The molecule has 1 aliphatic heterocycles. The molecule has 3 aromatic carbocycles. The number of rotatable bonds is 5. The van der Waals surface area contributed by atoms with Gasteiger partial charge in [0.1, 0.15) is 23.0 Å². The van der Waals surface area contributed by atoms with Gasteiger partial charge in [-0.05, 0) is 31.2 Å². The Hall–Kier alpha value is -3.40.